The number of carbonyl (C=O) groups is 2. The fourth-order valence-corrected chi connectivity index (χ4v) is 4.04. The van der Waals surface area contributed by atoms with Crippen LogP contribution in [0.15, 0.2) is 10.7 Å². The first-order valence-corrected chi connectivity index (χ1v) is 8.94. The van der Waals surface area contributed by atoms with Gasteiger partial charge in [0, 0.05) is 13.3 Å². The lowest BCUT2D eigenvalue weighted by Gasteiger charge is -2.49. The van der Waals surface area contributed by atoms with Crippen LogP contribution in [0.4, 0.5) is 0 Å². The molecular weight excluding hydrogens is 370 g/mol. The topological polar surface area (TPSA) is 166 Å². The molecule has 0 radical (unpaired) electrons. The second kappa shape index (κ2) is 8.11. The van der Waals surface area contributed by atoms with Crippen LogP contribution in [0.1, 0.15) is 20.3 Å². The Labute approximate surface area is 153 Å². The number of amides is 1. The Bertz CT molecular complexity index is 598. The molecule has 1 spiro atoms. The van der Waals surface area contributed by atoms with E-state index >= 15 is 0 Å². The fourth-order valence-electron chi connectivity index (χ4n) is 3.07. The van der Waals surface area contributed by atoms with E-state index < -0.39 is 54.7 Å². The number of ether oxygens (including phenoxy) is 2. The van der Waals surface area contributed by atoms with E-state index in [-0.39, 0.29) is 22.8 Å². The summed E-state index contributed by atoms with van der Waals surface area (Å²) >= 11 is 0.968. The fraction of sp³-hybridized carbons (Fsp3) is 0.733. The highest BCUT2D eigenvalue weighted by molar-refractivity contribution is 8.04. The minimum atomic E-state index is -1.62. The van der Waals surface area contributed by atoms with Gasteiger partial charge in [0.25, 0.3) is 0 Å². The zero-order chi connectivity index (χ0) is 19.6. The van der Waals surface area contributed by atoms with Crippen LogP contribution in [0.3, 0.4) is 0 Å². The molecule has 1 amide bonds. The van der Waals surface area contributed by atoms with Gasteiger partial charge in [0.2, 0.25) is 11.7 Å². The zero-order valence-corrected chi connectivity index (χ0v) is 15.1. The number of carbonyl (C=O) groups excluding carboxylic acids is 1. The van der Waals surface area contributed by atoms with Crippen molar-refractivity contribution in [1.29, 1.82) is 0 Å². The molecule has 0 aromatic rings. The minimum absolute atomic E-state index is 0.00481. The molecule has 1 fully saturated rings. The van der Waals surface area contributed by atoms with E-state index in [4.69, 9.17) is 19.7 Å². The van der Waals surface area contributed by atoms with Crippen LogP contribution in [0.5, 0.6) is 0 Å². The molecule has 10 nitrogen and oxygen atoms in total. The normalized spacial score (nSPS) is 34.2. The molecule has 0 saturated carbocycles. The van der Waals surface area contributed by atoms with Gasteiger partial charge in [-0.2, -0.15) is 0 Å². The summed E-state index contributed by atoms with van der Waals surface area (Å²) in [5.74, 6) is -2.96. The van der Waals surface area contributed by atoms with E-state index in [0.29, 0.717) is 0 Å². The molecule has 1 saturated heterocycles. The Morgan fingerprint density at radius 2 is 2.08 bits per heavy atom. The molecular formula is C15H23NO9S. The highest BCUT2D eigenvalue weighted by atomic mass is 32.2. The Morgan fingerprint density at radius 3 is 2.58 bits per heavy atom. The quantitative estimate of drug-likeness (QED) is 0.311. The van der Waals surface area contributed by atoms with Crippen molar-refractivity contribution in [3.8, 4) is 0 Å². The molecule has 0 bridgehead atoms. The third kappa shape index (κ3) is 4.30. The number of aliphatic carboxylic acids is 1. The predicted molar refractivity (Wildman–Crippen MR) is 88.8 cm³/mol. The second-order valence-corrected chi connectivity index (χ2v) is 7.30. The van der Waals surface area contributed by atoms with Gasteiger partial charge in [-0.1, -0.05) is 0 Å². The summed E-state index contributed by atoms with van der Waals surface area (Å²) < 4.78 is 11.5. The minimum Gasteiger partial charge on any atom is -0.477 e. The number of carboxylic acids is 1. The number of allylic oxidation sites excluding steroid dienone is 1. The highest BCUT2D eigenvalue weighted by Crippen LogP contribution is 2.42. The Kier molecular flexibility index (Phi) is 6.53. The maximum Gasteiger partial charge on any atom is 0.345 e. The van der Waals surface area contributed by atoms with E-state index in [1.54, 1.807) is 0 Å². The number of thioether (sulfide) groups is 1. The molecule has 6 N–H and O–H groups in total. The number of aliphatic hydroxyl groups is 4. The molecule has 0 aromatic carbocycles. The Balaban J connectivity index is 2.31. The van der Waals surface area contributed by atoms with Gasteiger partial charge in [-0.05, 0) is 6.92 Å². The molecule has 2 rings (SSSR count). The Hall–Kier alpha value is -1.37. The summed E-state index contributed by atoms with van der Waals surface area (Å²) in [6.45, 7) is 1.91. The molecule has 1 unspecified atom stereocenters. The number of rotatable bonds is 5. The summed E-state index contributed by atoms with van der Waals surface area (Å²) in [5, 5.41) is 51.2. The number of aliphatic hydroxyl groups excluding tert-OH is 4. The lowest BCUT2D eigenvalue weighted by Crippen LogP contribution is -2.67. The molecule has 2 aliphatic rings. The smallest absolute Gasteiger partial charge is 0.345 e. The largest absolute Gasteiger partial charge is 0.477 e. The van der Waals surface area contributed by atoms with E-state index in [2.05, 4.69) is 5.32 Å². The van der Waals surface area contributed by atoms with Gasteiger partial charge in [-0.25, -0.2) is 4.79 Å². The summed E-state index contributed by atoms with van der Waals surface area (Å²) in [4.78, 5) is 22.6. The van der Waals surface area contributed by atoms with Crippen LogP contribution in [0, 0.1) is 0 Å². The molecule has 6 atom stereocenters. The average molecular weight is 393 g/mol. The number of hydrogen-bond acceptors (Lipinski definition) is 9. The van der Waals surface area contributed by atoms with Crippen LogP contribution in [-0.4, -0.2) is 86.0 Å². The Morgan fingerprint density at radius 1 is 1.42 bits per heavy atom. The van der Waals surface area contributed by atoms with Crippen LogP contribution >= 0.6 is 11.8 Å². The van der Waals surface area contributed by atoms with E-state index in [9.17, 15) is 24.9 Å². The molecule has 0 aromatic heterocycles. The molecule has 26 heavy (non-hydrogen) atoms. The van der Waals surface area contributed by atoms with Crippen molar-refractivity contribution in [3.63, 3.8) is 0 Å². The van der Waals surface area contributed by atoms with Crippen molar-refractivity contribution in [2.75, 3.05) is 12.4 Å². The number of hydrogen-bond donors (Lipinski definition) is 6. The first-order valence-electron chi connectivity index (χ1n) is 7.96. The highest BCUT2D eigenvalue weighted by Gasteiger charge is 2.53. The second-order valence-electron chi connectivity index (χ2n) is 6.31. The monoisotopic (exact) mass is 393 g/mol. The first-order chi connectivity index (χ1) is 12.1. The zero-order valence-electron chi connectivity index (χ0n) is 14.3. The van der Waals surface area contributed by atoms with Gasteiger partial charge in [0.15, 0.2) is 0 Å². The van der Waals surface area contributed by atoms with Crippen molar-refractivity contribution in [1.82, 2.24) is 5.32 Å². The van der Waals surface area contributed by atoms with Crippen molar-refractivity contribution in [2.45, 2.75) is 56.5 Å². The first kappa shape index (κ1) is 20.9. The van der Waals surface area contributed by atoms with Crippen LogP contribution in [-0.2, 0) is 19.1 Å². The maximum atomic E-state index is 11.4. The maximum absolute atomic E-state index is 11.4. The van der Waals surface area contributed by atoms with Crippen molar-refractivity contribution < 1.29 is 44.6 Å². The van der Waals surface area contributed by atoms with Crippen molar-refractivity contribution >= 4 is 23.6 Å². The summed E-state index contributed by atoms with van der Waals surface area (Å²) in [6, 6.07) is -1.05. The van der Waals surface area contributed by atoms with E-state index in [0.717, 1.165) is 11.8 Å². The van der Waals surface area contributed by atoms with Gasteiger partial charge in [-0.3, -0.25) is 4.79 Å². The molecule has 0 aliphatic carbocycles. The van der Waals surface area contributed by atoms with Gasteiger partial charge < -0.3 is 40.3 Å². The van der Waals surface area contributed by atoms with E-state index in [1.807, 2.05) is 0 Å². The average Bonchev–Trinajstić information content (AvgIpc) is 2.55. The number of nitrogens with one attached hydrogen (secondary N) is 1. The molecule has 2 heterocycles. The van der Waals surface area contributed by atoms with Crippen molar-refractivity contribution in [3.05, 3.63) is 10.7 Å². The third-order valence-corrected chi connectivity index (χ3v) is 5.55. The molecule has 11 heteroatoms. The predicted octanol–water partition coefficient (Wildman–Crippen LogP) is -1.87. The van der Waals surface area contributed by atoms with Gasteiger partial charge in [0.1, 0.15) is 29.0 Å². The van der Waals surface area contributed by atoms with Crippen molar-refractivity contribution in [2.24, 2.45) is 0 Å². The van der Waals surface area contributed by atoms with Gasteiger partial charge >= 0.3 is 5.97 Å². The van der Waals surface area contributed by atoms with Crippen LogP contribution in [0.2, 0.25) is 0 Å². The lowest BCUT2D eigenvalue weighted by molar-refractivity contribution is -0.297. The lowest BCUT2D eigenvalue weighted by atomic mass is 9.89. The molecule has 148 valence electrons. The van der Waals surface area contributed by atoms with Crippen LogP contribution in [0.25, 0.3) is 0 Å². The number of carboxylic acid groups (broad SMARTS) is 1. The van der Waals surface area contributed by atoms with Gasteiger partial charge in [0.05, 0.1) is 24.5 Å². The standard InChI is InChI=1S/C15H23NO9S/c1-6-13(14(22)23)26-5-15(24-6)3-8(19)10(16-7(2)18)12(25-15)11(21)9(20)4-17/h8-12,17,19-21H,3-5H2,1-2H3,(H,16,18)(H,22,23)/t8-,9+,10+,11+,12+,15?/m0/s1. The van der Waals surface area contributed by atoms with E-state index in [1.165, 1.54) is 13.8 Å². The SMILES string of the molecule is CC(=O)N[C@H]1[C@H]([C@H](O)[C@H](O)CO)OC2(CSC(C(=O)O)=C(C)O2)C[C@@H]1O. The summed E-state index contributed by atoms with van der Waals surface area (Å²) in [5.41, 5.74) is 0. The third-order valence-electron chi connectivity index (χ3n) is 4.22. The molecule has 2 aliphatic heterocycles. The summed E-state index contributed by atoms with van der Waals surface area (Å²) in [7, 11) is 0. The summed E-state index contributed by atoms with van der Waals surface area (Å²) in [6.07, 6.45) is -5.76. The van der Waals surface area contributed by atoms with Crippen LogP contribution < -0.4 is 5.32 Å². The van der Waals surface area contributed by atoms with Gasteiger partial charge in [-0.15, -0.1) is 11.8 Å².